The second kappa shape index (κ2) is 4.53. The van der Waals surface area contributed by atoms with Crippen LogP contribution in [0.25, 0.3) is 0 Å². The maximum atomic E-state index is 11.9. The second-order valence-electron chi connectivity index (χ2n) is 2.69. The molecule has 0 heterocycles. The minimum absolute atomic E-state index is 0.463. The summed E-state index contributed by atoms with van der Waals surface area (Å²) in [7, 11) is 0. The fourth-order valence-electron chi connectivity index (χ4n) is 0.990. The highest BCUT2D eigenvalue weighted by Gasteiger charge is 2.13. The van der Waals surface area contributed by atoms with Gasteiger partial charge in [-0.1, -0.05) is 23.7 Å². The average molecular weight is 207 g/mol. The molecule has 1 aromatic rings. The number of aliphatic hydroxyl groups is 1. The lowest BCUT2D eigenvalue weighted by Crippen LogP contribution is -2.02. The van der Waals surface area contributed by atoms with Crippen LogP contribution in [-0.2, 0) is 0 Å². The Balaban J connectivity index is 2.66. The molecule has 1 nitrogen and oxygen atoms in total. The Hall–Kier alpha value is -0.670. The van der Waals surface area contributed by atoms with Crippen LogP contribution in [0.5, 0.6) is 0 Å². The average Bonchev–Trinajstić information content (AvgIpc) is 2.04. The topological polar surface area (TPSA) is 20.2 Å². The highest BCUT2D eigenvalue weighted by molar-refractivity contribution is 6.30. The quantitative estimate of drug-likeness (QED) is 0.806. The maximum absolute atomic E-state index is 11.9. The summed E-state index contributed by atoms with van der Waals surface area (Å²) in [4.78, 5) is 0. The van der Waals surface area contributed by atoms with Gasteiger partial charge in [0, 0.05) is 11.4 Å². The highest BCUT2D eigenvalue weighted by Crippen LogP contribution is 2.21. The first-order valence-corrected chi connectivity index (χ1v) is 4.19. The maximum Gasteiger partial charge on any atom is 0.241 e. The molecule has 0 bridgehead atoms. The van der Waals surface area contributed by atoms with Crippen LogP contribution in [-0.4, -0.2) is 11.5 Å². The molecule has 0 radical (unpaired) electrons. The number of halogens is 3. The van der Waals surface area contributed by atoms with Gasteiger partial charge in [-0.2, -0.15) is 0 Å². The molecule has 0 saturated heterocycles. The van der Waals surface area contributed by atoms with Crippen LogP contribution in [0.3, 0.4) is 0 Å². The lowest BCUT2D eigenvalue weighted by molar-refractivity contribution is 0.0611. The molecule has 0 aromatic heterocycles. The van der Waals surface area contributed by atoms with E-state index in [2.05, 4.69) is 0 Å². The predicted molar refractivity (Wildman–Crippen MR) is 47.0 cm³/mol. The van der Waals surface area contributed by atoms with Crippen LogP contribution in [0.2, 0.25) is 5.02 Å². The summed E-state index contributed by atoms with van der Waals surface area (Å²) in [5.41, 5.74) is 0.463. The van der Waals surface area contributed by atoms with Crippen molar-refractivity contribution in [3.05, 3.63) is 34.9 Å². The Labute approximate surface area is 80.0 Å². The molecule has 0 amide bonds. The molecule has 1 rings (SSSR count). The first kappa shape index (κ1) is 10.4. The lowest BCUT2D eigenvalue weighted by Gasteiger charge is -2.09. The van der Waals surface area contributed by atoms with E-state index in [1.54, 1.807) is 12.1 Å². The molecule has 1 unspecified atom stereocenters. The van der Waals surface area contributed by atoms with Crippen LogP contribution in [0.1, 0.15) is 18.1 Å². The van der Waals surface area contributed by atoms with E-state index in [9.17, 15) is 13.9 Å². The van der Waals surface area contributed by atoms with E-state index in [0.29, 0.717) is 10.6 Å². The molecular formula is C9H9ClF2O. The number of aliphatic hydroxyl groups excluding tert-OH is 1. The summed E-state index contributed by atoms with van der Waals surface area (Å²) in [6, 6.07) is 6.20. The van der Waals surface area contributed by atoms with Gasteiger partial charge in [-0.15, -0.1) is 0 Å². The highest BCUT2D eigenvalue weighted by atomic mass is 35.5. The first-order chi connectivity index (χ1) is 6.09. The van der Waals surface area contributed by atoms with Crippen molar-refractivity contribution in [2.24, 2.45) is 0 Å². The summed E-state index contributed by atoms with van der Waals surface area (Å²) >= 11 is 5.59. The molecule has 0 aliphatic carbocycles. The molecular weight excluding hydrogens is 198 g/mol. The van der Waals surface area contributed by atoms with Crippen molar-refractivity contribution in [3.63, 3.8) is 0 Å². The number of alkyl halides is 2. The zero-order valence-corrected chi connectivity index (χ0v) is 7.51. The van der Waals surface area contributed by atoms with Gasteiger partial charge < -0.3 is 5.11 Å². The summed E-state index contributed by atoms with van der Waals surface area (Å²) in [6.07, 6.45) is -4.15. The molecule has 1 atom stereocenters. The van der Waals surface area contributed by atoms with Crippen molar-refractivity contribution in [3.8, 4) is 0 Å². The number of hydrogen-bond donors (Lipinski definition) is 1. The van der Waals surface area contributed by atoms with Crippen molar-refractivity contribution in [1.82, 2.24) is 0 Å². The minimum Gasteiger partial charge on any atom is -0.388 e. The normalized spacial score (nSPS) is 13.3. The van der Waals surface area contributed by atoms with E-state index in [0.717, 1.165) is 0 Å². The van der Waals surface area contributed by atoms with E-state index in [1.807, 2.05) is 0 Å². The number of rotatable bonds is 3. The Kier molecular flexibility index (Phi) is 3.63. The van der Waals surface area contributed by atoms with Crippen LogP contribution in [0, 0.1) is 0 Å². The Morgan fingerprint density at radius 3 is 2.23 bits per heavy atom. The first-order valence-electron chi connectivity index (χ1n) is 3.81. The predicted octanol–water partition coefficient (Wildman–Crippen LogP) is 3.03. The fourth-order valence-corrected chi connectivity index (χ4v) is 1.12. The van der Waals surface area contributed by atoms with Gasteiger partial charge in [0.25, 0.3) is 0 Å². The third-order valence-corrected chi connectivity index (χ3v) is 1.91. The van der Waals surface area contributed by atoms with Crippen LogP contribution >= 0.6 is 11.6 Å². The molecule has 13 heavy (non-hydrogen) atoms. The van der Waals surface area contributed by atoms with Crippen LogP contribution < -0.4 is 0 Å². The Morgan fingerprint density at radius 1 is 1.23 bits per heavy atom. The van der Waals surface area contributed by atoms with E-state index in [-0.39, 0.29) is 0 Å². The number of benzene rings is 1. The SMILES string of the molecule is OC(CC(F)F)c1ccc(Cl)cc1. The fraction of sp³-hybridized carbons (Fsp3) is 0.333. The van der Waals surface area contributed by atoms with Gasteiger partial charge in [-0.05, 0) is 17.7 Å². The molecule has 0 fully saturated rings. The van der Waals surface area contributed by atoms with Crippen molar-refractivity contribution in [1.29, 1.82) is 0 Å². The molecule has 0 saturated carbocycles. The van der Waals surface area contributed by atoms with Gasteiger partial charge in [0.15, 0.2) is 0 Å². The standard InChI is InChI=1S/C9H9ClF2O/c10-7-3-1-6(2-4-7)8(13)5-9(11)12/h1-4,8-9,13H,5H2. The molecule has 4 heteroatoms. The molecule has 0 spiro atoms. The van der Waals surface area contributed by atoms with E-state index in [1.165, 1.54) is 12.1 Å². The van der Waals surface area contributed by atoms with Crippen molar-refractivity contribution in [2.75, 3.05) is 0 Å². The molecule has 1 aromatic carbocycles. The van der Waals surface area contributed by atoms with Gasteiger partial charge in [0.2, 0.25) is 6.43 Å². The van der Waals surface area contributed by atoms with Crippen molar-refractivity contribution < 1.29 is 13.9 Å². The van der Waals surface area contributed by atoms with Gasteiger partial charge in [-0.3, -0.25) is 0 Å². The van der Waals surface area contributed by atoms with Crippen LogP contribution in [0.15, 0.2) is 24.3 Å². The van der Waals surface area contributed by atoms with Gasteiger partial charge in [-0.25, -0.2) is 8.78 Å². The number of hydrogen-bond acceptors (Lipinski definition) is 1. The summed E-state index contributed by atoms with van der Waals surface area (Å²) < 4.78 is 23.7. The molecule has 72 valence electrons. The largest absolute Gasteiger partial charge is 0.388 e. The Morgan fingerprint density at radius 2 is 1.77 bits per heavy atom. The van der Waals surface area contributed by atoms with Gasteiger partial charge >= 0.3 is 0 Å². The Bertz CT molecular complexity index is 261. The molecule has 1 N–H and O–H groups in total. The van der Waals surface area contributed by atoms with E-state index in [4.69, 9.17) is 11.6 Å². The zero-order chi connectivity index (χ0) is 9.84. The molecule has 0 aliphatic rings. The van der Waals surface area contributed by atoms with Crippen LogP contribution in [0.4, 0.5) is 8.78 Å². The monoisotopic (exact) mass is 206 g/mol. The third-order valence-electron chi connectivity index (χ3n) is 1.66. The van der Waals surface area contributed by atoms with Gasteiger partial charge in [0.1, 0.15) is 0 Å². The van der Waals surface area contributed by atoms with Gasteiger partial charge in [0.05, 0.1) is 6.10 Å². The van der Waals surface area contributed by atoms with E-state index < -0.39 is 19.0 Å². The smallest absolute Gasteiger partial charge is 0.241 e. The summed E-state index contributed by atoms with van der Waals surface area (Å²) in [6.45, 7) is 0. The third kappa shape index (κ3) is 3.28. The molecule has 0 aliphatic heterocycles. The summed E-state index contributed by atoms with van der Waals surface area (Å²) in [5, 5.41) is 9.78. The van der Waals surface area contributed by atoms with Crippen molar-refractivity contribution >= 4 is 11.6 Å². The zero-order valence-electron chi connectivity index (χ0n) is 6.75. The second-order valence-corrected chi connectivity index (χ2v) is 3.13. The lowest BCUT2D eigenvalue weighted by atomic mass is 10.1. The minimum atomic E-state index is -2.49. The summed E-state index contributed by atoms with van der Waals surface area (Å²) in [5.74, 6) is 0. The van der Waals surface area contributed by atoms with E-state index >= 15 is 0 Å². The van der Waals surface area contributed by atoms with Crippen molar-refractivity contribution in [2.45, 2.75) is 19.0 Å².